The molecule has 2 aromatic carbocycles. The molecule has 0 aliphatic carbocycles. The first-order valence-electron chi connectivity index (χ1n) is 5.86. The third-order valence-corrected chi connectivity index (χ3v) is 4.00. The summed E-state index contributed by atoms with van der Waals surface area (Å²) in [6, 6.07) is 7.37. The van der Waals surface area contributed by atoms with Crippen molar-refractivity contribution in [2.45, 2.75) is 12.3 Å². The maximum absolute atomic E-state index is 13.5. The van der Waals surface area contributed by atoms with E-state index < -0.39 is 11.2 Å². The topological polar surface area (TPSA) is 9.23 Å². The summed E-state index contributed by atoms with van der Waals surface area (Å²) in [5.41, 5.74) is 1.94. The maximum Gasteiger partial charge on any atom is 0.141 e. The minimum absolute atomic E-state index is 0.284. The first-order chi connectivity index (χ1) is 9.42. The zero-order valence-corrected chi connectivity index (χ0v) is 13.2. The molecule has 0 radical (unpaired) electrons. The fourth-order valence-electron chi connectivity index (χ4n) is 2.01. The van der Waals surface area contributed by atoms with Crippen molar-refractivity contribution in [1.82, 2.24) is 0 Å². The smallest absolute Gasteiger partial charge is 0.141 e. The molecule has 1 atom stereocenters. The second-order valence-corrected chi connectivity index (χ2v) is 5.72. The van der Waals surface area contributed by atoms with E-state index in [9.17, 15) is 8.78 Å². The molecule has 0 saturated heterocycles. The highest BCUT2D eigenvalue weighted by molar-refractivity contribution is 9.10. The van der Waals surface area contributed by atoms with Gasteiger partial charge in [0.05, 0.1) is 17.0 Å². The van der Waals surface area contributed by atoms with Crippen molar-refractivity contribution in [2.24, 2.45) is 0 Å². The molecule has 0 N–H and O–H groups in total. The number of methoxy groups -OCH3 is 1. The standard InChI is InChI=1S/C15H12BrClF2O/c1-8-3-9(5-10(18)4-8)15(17)11-6-12(16)13(19)7-14(11)20-2/h3-7,15H,1-2H3. The van der Waals surface area contributed by atoms with Crippen molar-refractivity contribution in [3.63, 3.8) is 0 Å². The number of alkyl halides is 1. The Morgan fingerprint density at radius 2 is 1.85 bits per heavy atom. The molecule has 0 amide bonds. The van der Waals surface area contributed by atoms with E-state index in [4.69, 9.17) is 16.3 Å². The number of ether oxygens (including phenoxy) is 1. The lowest BCUT2D eigenvalue weighted by Gasteiger charge is -2.16. The third kappa shape index (κ3) is 3.13. The van der Waals surface area contributed by atoms with Gasteiger partial charge < -0.3 is 4.74 Å². The highest BCUT2D eigenvalue weighted by atomic mass is 79.9. The van der Waals surface area contributed by atoms with E-state index in [1.54, 1.807) is 19.1 Å². The van der Waals surface area contributed by atoms with Gasteiger partial charge >= 0.3 is 0 Å². The zero-order chi connectivity index (χ0) is 14.9. The van der Waals surface area contributed by atoms with Gasteiger partial charge in [-0.1, -0.05) is 6.07 Å². The van der Waals surface area contributed by atoms with Gasteiger partial charge in [-0.05, 0) is 52.2 Å². The van der Waals surface area contributed by atoms with Crippen LogP contribution in [0.15, 0.2) is 34.8 Å². The van der Waals surface area contributed by atoms with Gasteiger partial charge in [-0.15, -0.1) is 11.6 Å². The van der Waals surface area contributed by atoms with Crippen LogP contribution in [0, 0.1) is 18.6 Å². The monoisotopic (exact) mass is 360 g/mol. The van der Waals surface area contributed by atoms with E-state index in [0.29, 0.717) is 16.9 Å². The molecule has 0 bridgehead atoms. The van der Waals surface area contributed by atoms with Crippen molar-refractivity contribution < 1.29 is 13.5 Å². The highest BCUT2D eigenvalue weighted by Crippen LogP contribution is 2.38. The first kappa shape index (κ1) is 15.3. The molecule has 2 aromatic rings. The summed E-state index contributed by atoms with van der Waals surface area (Å²) >= 11 is 9.51. The molecule has 0 saturated carbocycles. The van der Waals surface area contributed by atoms with Gasteiger partial charge in [-0.3, -0.25) is 0 Å². The lowest BCUT2D eigenvalue weighted by Crippen LogP contribution is -2.00. The second-order valence-electron chi connectivity index (χ2n) is 4.43. The lowest BCUT2D eigenvalue weighted by molar-refractivity contribution is 0.406. The van der Waals surface area contributed by atoms with Crippen LogP contribution in [0.25, 0.3) is 0 Å². The third-order valence-electron chi connectivity index (χ3n) is 2.90. The summed E-state index contributed by atoms with van der Waals surface area (Å²) in [6.45, 7) is 1.79. The molecule has 5 heteroatoms. The predicted octanol–water partition coefficient (Wildman–Crippen LogP) is 5.37. The molecular weight excluding hydrogens is 350 g/mol. The average Bonchev–Trinajstić information content (AvgIpc) is 2.39. The Kier molecular flexibility index (Phi) is 4.66. The van der Waals surface area contributed by atoms with Crippen LogP contribution in [0.1, 0.15) is 22.1 Å². The van der Waals surface area contributed by atoms with Gasteiger partial charge in [0.1, 0.15) is 17.4 Å². The molecule has 2 rings (SSSR count). The minimum Gasteiger partial charge on any atom is -0.496 e. The normalized spacial score (nSPS) is 12.3. The predicted molar refractivity (Wildman–Crippen MR) is 79.5 cm³/mol. The molecule has 0 heterocycles. The molecule has 1 unspecified atom stereocenters. The molecule has 20 heavy (non-hydrogen) atoms. The molecule has 0 spiro atoms. The Balaban J connectivity index is 2.52. The largest absolute Gasteiger partial charge is 0.496 e. The van der Waals surface area contributed by atoms with Gasteiger partial charge in [0, 0.05) is 11.6 Å². The van der Waals surface area contributed by atoms with Crippen molar-refractivity contribution >= 4 is 27.5 Å². The van der Waals surface area contributed by atoms with E-state index in [-0.39, 0.29) is 10.3 Å². The number of hydrogen-bond donors (Lipinski definition) is 0. The fraction of sp³-hybridized carbons (Fsp3) is 0.200. The highest BCUT2D eigenvalue weighted by Gasteiger charge is 2.19. The molecule has 0 fully saturated rings. The van der Waals surface area contributed by atoms with Gasteiger partial charge in [-0.25, -0.2) is 8.78 Å². The molecular formula is C15H12BrClF2O. The average molecular weight is 362 g/mol. The van der Waals surface area contributed by atoms with Crippen LogP contribution in [0.2, 0.25) is 0 Å². The Labute approximate surface area is 129 Å². The van der Waals surface area contributed by atoms with Crippen LogP contribution >= 0.6 is 27.5 Å². The van der Waals surface area contributed by atoms with E-state index in [1.807, 2.05) is 0 Å². The molecule has 0 aliphatic heterocycles. The van der Waals surface area contributed by atoms with E-state index >= 15 is 0 Å². The van der Waals surface area contributed by atoms with Crippen LogP contribution in [0.3, 0.4) is 0 Å². The second kappa shape index (κ2) is 6.10. The van der Waals surface area contributed by atoms with Crippen molar-refractivity contribution in [2.75, 3.05) is 7.11 Å². The summed E-state index contributed by atoms with van der Waals surface area (Å²) in [4.78, 5) is 0. The summed E-state index contributed by atoms with van der Waals surface area (Å²) in [5, 5.41) is -0.628. The van der Waals surface area contributed by atoms with Crippen LogP contribution in [-0.2, 0) is 0 Å². The zero-order valence-electron chi connectivity index (χ0n) is 10.9. The van der Waals surface area contributed by atoms with Crippen LogP contribution < -0.4 is 4.74 Å². The van der Waals surface area contributed by atoms with E-state index in [2.05, 4.69) is 15.9 Å². The van der Waals surface area contributed by atoms with Crippen molar-refractivity contribution in [3.8, 4) is 5.75 Å². The van der Waals surface area contributed by atoms with Gasteiger partial charge in [0.2, 0.25) is 0 Å². The Bertz CT molecular complexity index is 626. The Hall–Kier alpha value is -1.13. The van der Waals surface area contributed by atoms with Crippen LogP contribution in [0.4, 0.5) is 8.78 Å². The van der Waals surface area contributed by atoms with Gasteiger partial charge in [0.15, 0.2) is 0 Å². The van der Waals surface area contributed by atoms with Crippen LogP contribution in [-0.4, -0.2) is 7.11 Å². The van der Waals surface area contributed by atoms with Crippen LogP contribution in [0.5, 0.6) is 5.75 Å². The van der Waals surface area contributed by atoms with Crippen molar-refractivity contribution in [1.29, 1.82) is 0 Å². The quantitative estimate of drug-likeness (QED) is 0.668. The van der Waals surface area contributed by atoms with Gasteiger partial charge in [-0.2, -0.15) is 0 Å². The molecule has 0 aromatic heterocycles. The summed E-state index contributed by atoms with van der Waals surface area (Å²) in [5.74, 6) is -0.469. The number of hydrogen-bond acceptors (Lipinski definition) is 1. The Morgan fingerprint density at radius 3 is 2.45 bits per heavy atom. The molecule has 0 aliphatic rings. The summed E-state index contributed by atoms with van der Waals surface area (Å²) in [6.07, 6.45) is 0. The van der Waals surface area contributed by atoms with Crippen molar-refractivity contribution in [3.05, 3.63) is 63.1 Å². The maximum atomic E-state index is 13.5. The van der Waals surface area contributed by atoms with Gasteiger partial charge in [0.25, 0.3) is 0 Å². The summed E-state index contributed by atoms with van der Waals surface area (Å²) < 4.78 is 32.4. The number of benzene rings is 2. The van der Waals surface area contributed by atoms with E-state index in [1.165, 1.54) is 25.3 Å². The fourth-order valence-corrected chi connectivity index (χ4v) is 2.67. The lowest BCUT2D eigenvalue weighted by atomic mass is 10.0. The summed E-state index contributed by atoms with van der Waals surface area (Å²) in [7, 11) is 1.44. The molecule has 106 valence electrons. The van der Waals surface area contributed by atoms with E-state index in [0.717, 1.165) is 5.56 Å². The number of rotatable bonds is 3. The number of aryl methyl sites for hydroxylation is 1. The minimum atomic E-state index is -0.628. The Morgan fingerprint density at radius 1 is 1.15 bits per heavy atom. The first-order valence-corrected chi connectivity index (χ1v) is 7.09. The number of halogens is 4. The SMILES string of the molecule is COc1cc(F)c(Br)cc1C(Cl)c1cc(C)cc(F)c1. The molecule has 1 nitrogen and oxygen atoms in total.